The van der Waals surface area contributed by atoms with Crippen LogP contribution in [0.1, 0.15) is 31.4 Å². The van der Waals surface area contributed by atoms with Crippen LogP contribution < -0.4 is 10.6 Å². The van der Waals surface area contributed by atoms with E-state index >= 15 is 0 Å². The zero-order chi connectivity index (χ0) is 13.7. The van der Waals surface area contributed by atoms with Gasteiger partial charge >= 0.3 is 0 Å². The summed E-state index contributed by atoms with van der Waals surface area (Å²) < 4.78 is 18.3. The van der Waals surface area contributed by atoms with Crippen LogP contribution in [0.4, 0.5) is 4.39 Å². The molecule has 0 radical (unpaired) electrons. The van der Waals surface area contributed by atoms with E-state index in [1.165, 1.54) is 12.1 Å². The van der Waals surface area contributed by atoms with E-state index in [2.05, 4.69) is 10.6 Å². The molecule has 0 saturated carbocycles. The van der Waals surface area contributed by atoms with E-state index in [-0.39, 0.29) is 18.0 Å². The SMILES string of the molecule is C[C@@H](NC(=S)NC[C@@H]1CCCO1)c1ccc(F)cc1. The number of thiocarbonyl (C=S) groups is 1. The Balaban J connectivity index is 1.76. The van der Waals surface area contributed by atoms with E-state index in [1.807, 2.05) is 6.92 Å². The fraction of sp³-hybridized carbons (Fsp3) is 0.500. The molecule has 0 aromatic heterocycles. The van der Waals surface area contributed by atoms with Crippen molar-refractivity contribution in [1.82, 2.24) is 10.6 Å². The molecule has 1 aromatic rings. The molecule has 1 aromatic carbocycles. The Morgan fingerprint density at radius 3 is 2.84 bits per heavy atom. The molecule has 0 aliphatic carbocycles. The van der Waals surface area contributed by atoms with Gasteiger partial charge in [-0.1, -0.05) is 12.1 Å². The molecule has 1 heterocycles. The highest BCUT2D eigenvalue weighted by Gasteiger charge is 2.15. The number of hydrogen-bond acceptors (Lipinski definition) is 2. The number of benzene rings is 1. The summed E-state index contributed by atoms with van der Waals surface area (Å²) in [6.45, 7) is 3.58. The van der Waals surface area contributed by atoms with Gasteiger partial charge in [-0.3, -0.25) is 0 Å². The molecule has 1 saturated heterocycles. The molecular formula is C14H19FN2OS. The minimum atomic E-state index is -0.227. The predicted octanol–water partition coefficient (Wildman–Crippen LogP) is 2.53. The molecule has 0 spiro atoms. The third-order valence-corrected chi connectivity index (χ3v) is 3.49. The lowest BCUT2D eigenvalue weighted by molar-refractivity contribution is 0.114. The van der Waals surface area contributed by atoms with E-state index in [1.54, 1.807) is 12.1 Å². The van der Waals surface area contributed by atoms with Crippen molar-refractivity contribution in [2.45, 2.75) is 31.9 Å². The van der Waals surface area contributed by atoms with Crippen LogP contribution in [0.2, 0.25) is 0 Å². The monoisotopic (exact) mass is 282 g/mol. The van der Waals surface area contributed by atoms with Gasteiger partial charge in [-0.15, -0.1) is 0 Å². The highest BCUT2D eigenvalue weighted by Crippen LogP contribution is 2.13. The van der Waals surface area contributed by atoms with Crippen LogP contribution in [-0.4, -0.2) is 24.4 Å². The van der Waals surface area contributed by atoms with E-state index < -0.39 is 0 Å². The summed E-state index contributed by atoms with van der Waals surface area (Å²) in [7, 11) is 0. The van der Waals surface area contributed by atoms with Crippen molar-refractivity contribution in [3.63, 3.8) is 0 Å². The second-order valence-corrected chi connectivity index (χ2v) is 5.17. The average Bonchev–Trinajstić information content (AvgIpc) is 2.90. The van der Waals surface area contributed by atoms with Crippen LogP contribution in [0, 0.1) is 5.82 Å². The first-order valence-electron chi connectivity index (χ1n) is 6.56. The number of halogens is 1. The van der Waals surface area contributed by atoms with Crippen LogP contribution in [0.3, 0.4) is 0 Å². The summed E-state index contributed by atoms with van der Waals surface area (Å²) in [5.41, 5.74) is 1.00. The quantitative estimate of drug-likeness (QED) is 0.832. The highest BCUT2D eigenvalue weighted by atomic mass is 32.1. The van der Waals surface area contributed by atoms with Crippen molar-refractivity contribution in [2.24, 2.45) is 0 Å². The molecular weight excluding hydrogens is 263 g/mol. The van der Waals surface area contributed by atoms with Crippen LogP contribution in [0.5, 0.6) is 0 Å². The second-order valence-electron chi connectivity index (χ2n) is 4.76. The molecule has 2 N–H and O–H groups in total. The maximum Gasteiger partial charge on any atom is 0.166 e. The van der Waals surface area contributed by atoms with Crippen molar-refractivity contribution in [3.8, 4) is 0 Å². The van der Waals surface area contributed by atoms with E-state index in [4.69, 9.17) is 17.0 Å². The van der Waals surface area contributed by atoms with Gasteiger partial charge in [0.05, 0.1) is 12.1 Å². The summed E-state index contributed by atoms with van der Waals surface area (Å²) in [5.74, 6) is -0.227. The van der Waals surface area contributed by atoms with E-state index in [9.17, 15) is 4.39 Å². The van der Waals surface area contributed by atoms with Crippen molar-refractivity contribution in [1.29, 1.82) is 0 Å². The van der Waals surface area contributed by atoms with E-state index in [0.29, 0.717) is 5.11 Å². The largest absolute Gasteiger partial charge is 0.376 e. The number of rotatable bonds is 4. The fourth-order valence-electron chi connectivity index (χ4n) is 2.09. The predicted molar refractivity (Wildman–Crippen MR) is 77.5 cm³/mol. The molecule has 19 heavy (non-hydrogen) atoms. The topological polar surface area (TPSA) is 33.3 Å². The second kappa shape index (κ2) is 6.82. The molecule has 2 rings (SSSR count). The lowest BCUT2D eigenvalue weighted by Gasteiger charge is -2.18. The van der Waals surface area contributed by atoms with E-state index in [0.717, 1.165) is 31.6 Å². The maximum absolute atomic E-state index is 12.8. The van der Waals surface area contributed by atoms with Gasteiger partial charge in [-0.25, -0.2) is 4.39 Å². The first kappa shape index (κ1) is 14.2. The molecule has 1 fully saturated rings. The van der Waals surface area contributed by atoms with Crippen LogP contribution >= 0.6 is 12.2 Å². The van der Waals surface area contributed by atoms with Gasteiger partial charge in [0, 0.05) is 13.2 Å². The summed E-state index contributed by atoms with van der Waals surface area (Å²) in [5, 5.41) is 6.94. The third-order valence-electron chi connectivity index (χ3n) is 3.23. The van der Waals surface area contributed by atoms with Crippen LogP contribution in [0.25, 0.3) is 0 Å². The lowest BCUT2D eigenvalue weighted by atomic mass is 10.1. The summed E-state index contributed by atoms with van der Waals surface area (Å²) in [6.07, 6.45) is 2.47. The fourth-order valence-corrected chi connectivity index (χ4v) is 2.35. The van der Waals surface area contributed by atoms with Gasteiger partial charge in [0.1, 0.15) is 5.82 Å². The zero-order valence-electron chi connectivity index (χ0n) is 11.0. The van der Waals surface area contributed by atoms with Gasteiger partial charge in [0.25, 0.3) is 0 Å². The van der Waals surface area contributed by atoms with Gasteiger partial charge in [0.2, 0.25) is 0 Å². The summed E-state index contributed by atoms with van der Waals surface area (Å²) >= 11 is 5.24. The van der Waals surface area contributed by atoms with Crippen molar-refractivity contribution < 1.29 is 9.13 Å². The Bertz CT molecular complexity index is 418. The molecule has 3 nitrogen and oxygen atoms in total. The Labute approximate surface area is 118 Å². The maximum atomic E-state index is 12.8. The molecule has 104 valence electrons. The van der Waals surface area contributed by atoms with Crippen molar-refractivity contribution in [2.75, 3.05) is 13.2 Å². The Kier molecular flexibility index (Phi) is 5.10. The Morgan fingerprint density at radius 2 is 2.21 bits per heavy atom. The van der Waals surface area contributed by atoms with Crippen LogP contribution in [-0.2, 0) is 4.74 Å². The minimum absolute atomic E-state index is 0.0464. The Morgan fingerprint density at radius 1 is 1.47 bits per heavy atom. The van der Waals surface area contributed by atoms with Crippen molar-refractivity contribution >= 4 is 17.3 Å². The normalized spacial score (nSPS) is 20.0. The average molecular weight is 282 g/mol. The smallest absolute Gasteiger partial charge is 0.166 e. The molecule has 1 aliphatic rings. The first-order valence-corrected chi connectivity index (χ1v) is 6.97. The molecule has 0 unspecified atom stereocenters. The van der Waals surface area contributed by atoms with Gasteiger partial charge in [-0.05, 0) is 49.7 Å². The number of nitrogens with one attached hydrogen (secondary N) is 2. The number of hydrogen-bond donors (Lipinski definition) is 2. The Hall–Kier alpha value is -1.20. The summed E-state index contributed by atoms with van der Waals surface area (Å²) in [4.78, 5) is 0. The highest BCUT2D eigenvalue weighted by molar-refractivity contribution is 7.80. The molecule has 0 bridgehead atoms. The van der Waals surface area contributed by atoms with Gasteiger partial charge in [-0.2, -0.15) is 0 Å². The van der Waals surface area contributed by atoms with Gasteiger partial charge in [0.15, 0.2) is 5.11 Å². The van der Waals surface area contributed by atoms with Gasteiger partial charge < -0.3 is 15.4 Å². The lowest BCUT2D eigenvalue weighted by Crippen LogP contribution is -2.40. The summed E-state index contributed by atoms with van der Waals surface area (Å²) in [6, 6.07) is 6.48. The van der Waals surface area contributed by atoms with Crippen molar-refractivity contribution in [3.05, 3.63) is 35.6 Å². The zero-order valence-corrected chi connectivity index (χ0v) is 11.8. The molecule has 5 heteroatoms. The molecule has 2 atom stereocenters. The van der Waals surface area contributed by atoms with Crippen LogP contribution in [0.15, 0.2) is 24.3 Å². The molecule has 0 amide bonds. The third kappa shape index (κ3) is 4.44. The standard InChI is InChI=1S/C14H19FN2OS/c1-10(11-4-6-12(15)7-5-11)17-14(19)16-9-13-3-2-8-18-13/h4-7,10,13H,2-3,8-9H2,1H3,(H2,16,17,19)/t10-,13+/m1/s1. The molecule has 1 aliphatic heterocycles. The number of ether oxygens (including phenoxy) is 1. The minimum Gasteiger partial charge on any atom is -0.376 e. The first-order chi connectivity index (χ1) is 9.15.